The van der Waals surface area contributed by atoms with Gasteiger partial charge in [0.2, 0.25) is 0 Å². The molecular formula is C45H27N3O2. The minimum atomic E-state index is 0.547. The Morgan fingerprint density at radius 3 is 1.30 bits per heavy atom. The molecule has 0 radical (unpaired) electrons. The summed E-state index contributed by atoms with van der Waals surface area (Å²) in [4.78, 5) is 15.2. The molecular weight excluding hydrogens is 615 g/mol. The molecule has 0 fully saturated rings. The van der Waals surface area contributed by atoms with E-state index in [2.05, 4.69) is 115 Å². The average molecular weight is 642 g/mol. The van der Waals surface area contributed by atoms with Gasteiger partial charge in [0.25, 0.3) is 0 Å². The molecule has 0 aliphatic carbocycles. The molecule has 1 aromatic heterocycles. The molecule has 234 valence electrons. The van der Waals surface area contributed by atoms with Gasteiger partial charge >= 0.3 is 0 Å². The fourth-order valence-electron chi connectivity index (χ4n) is 6.92. The van der Waals surface area contributed by atoms with Gasteiger partial charge in [0.1, 0.15) is 0 Å². The van der Waals surface area contributed by atoms with Crippen LogP contribution in [0.4, 0.5) is 0 Å². The highest BCUT2D eigenvalue weighted by Gasteiger charge is 2.21. The average Bonchev–Trinajstić information content (AvgIpc) is 3.20. The van der Waals surface area contributed by atoms with Crippen LogP contribution in [-0.4, -0.2) is 15.0 Å². The van der Waals surface area contributed by atoms with Crippen LogP contribution >= 0.6 is 0 Å². The van der Waals surface area contributed by atoms with Gasteiger partial charge in [-0.3, -0.25) is 0 Å². The van der Waals surface area contributed by atoms with E-state index in [9.17, 15) is 0 Å². The van der Waals surface area contributed by atoms with E-state index in [1.54, 1.807) is 0 Å². The van der Waals surface area contributed by atoms with Crippen LogP contribution in [0.15, 0.2) is 164 Å². The molecule has 1 aliphatic rings. The molecule has 50 heavy (non-hydrogen) atoms. The number of para-hydroxylation sites is 2. The lowest BCUT2D eigenvalue weighted by molar-refractivity contribution is 0.360. The molecule has 0 unspecified atom stereocenters. The normalized spacial score (nSPS) is 11.9. The van der Waals surface area contributed by atoms with Crippen LogP contribution in [0.1, 0.15) is 0 Å². The summed E-state index contributed by atoms with van der Waals surface area (Å²) in [5.74, 6) is 4.35. The Morgan fingerprint density at radius 2 is 0.660 bits per heavy atom. The highest BCUT2D eigenvalue weighted by molar-refractivity contribution is 6.25. The molecule has 0 bridgehead atoms. The van der Waals surface area contributed by atoms with Gasteiger partial charge < -0.3 is 9.47 Å². The molecule has 5 heteroatoms. The standard InChI is InChI=1S/C45H27N3O2/c1-2-10-28(11-3-1)29-18-20-30(21-19-29)43-46-44(48-45(47-43)32-23-25-41-42(27-32)50-40-17-9-8-16-39(40)49-41)31-22-24-37-35-14-5-4-12-33(35)34-13-6-7-15-36(34)38(37)26-31/h1-27H. The molecule has 0 N–H and O–H groups in total. The first-order valence-corrected chi connectivity index (χ1v) is 16.6. The number of ether oxygens (including phenoxy) is 2. The predicted octanol–water partition coefficient (Wildman–Crippen LogP) is 11.9. The molecule has 2 heterocycles. The molecule has 0 amide bonds. The van der Waals surface area contributed by atoms with Gasteiger partial charge in [0.15, 0.2) is 40.5 Å². The molecule has 5 nitrogen and oxygen atoms in total. The second kappa shape index (κ2) is 11.4. The van der Waals surface area contributed by atoms with Crippen molar-refractivity contribution in [3.05, 3.63) is 164 Å². The molecule has 10 rings (SSSR count). The van der Waals surface area contributed by atoms with Crippen molar-refractivity contribution in [2.45, 2.75) is 0 Å². The summed E-state index contributed by atoms with van der Waals surface area (Å²) in [7, 11) is 0. The van der Waals surface area contributed by atoms with Gasteiger partial charge in [-0.15, -0.1) is 0 Å². The summed E-state index contributed by atoms with van der Waals surface area (Å²) in [5.41, 5.74) is 4.90. The lowest BCUT2D eigenvalue weighted by atomic mass is 9.93. The molecule has 0 saturated carbocycles. The summed E-state index contributed by atoms with van der Waals surface area (Å²) in [5, 5.41) is 7.24. The van der Waals surface area contributed by atoms with Crippen LogP contribution < -0.4 is 9.47 Å². The topological polar surface area (TPSA) is 57.1 Å². The number of hydrogen-bond donors (Lipinski definition) is 0. The summed E-state index contributed by atoms with van der Waals surface area (Å²) >= 11 is 0. The summed E-state index contributed by atoms with van der Waals surface area (Å²) < 4.78 is 12.4. The van der Waals surface area contributed by atoms with Crippen molar-refractivity contribution in [1.82, 2.24) is 15.0 Å². The van der Waals surface area contributed by atoms with Crippen molar-refractivity contribution in [3.8, 4) is 68.3 Å². The molecule has 0 saturated heterocycles. The molecule has 0 spiro atoms. The van der Waals surface area contributed by atoms with Crippen molar-refractivity contribution < 1.29 is 9.47 Å². The third kappa shape index (κ3) is 4.75. The van der Waals surface area contributed by atoms with E-state index < -0.39 is 0 Å². The highest BCUT2D eigenvalue weighted by atomic mass is 16.6. The van der Waals surface area contributed by atoms with Crippen molar-refractivity contribution in [3.63, 3.8) is 0 Å². The number of aromatic nitrogens is 3. The van der Waals surface area contributed by atoms with Crippen LogP contribution in [0.2, 0.25) is 0 Å². The van der Waals surface area contributed by atoms with Crippen molar-refractivity contribution >= 4 is 32.3 Å². The number of fused-ring (bicyclic) bond motifs is 8. The SMILES string of the molecule is c1ccc(-c2ccc(-c3nc(-c4ccc5c(c4)Oc4ccccc4O5)nc(-c4ccc5c6ccccc6c6ccccc6c5c4)n3)cc2)cc1. The van der Waals surface area contributed by atoms with Gasteiger partial charge in [-0.05, 0) is 79.8 Å². The zero-order chi connectivity index (χ0) is 33.0. The van der Waals surface area contributed by atoms with E-state index in [0.29, 0.717) is 40.5 Å². The number of rotatable bonds is 4. The Kier molecular flexibility index (Phi) is 6.42. The van der Waals surface area contributed by atoms with Gasteiger partial charge in [0.05, 0.1) is 0 Å². The quantitative estimate of drug-likeness (QED) is 0.179. The zero-order valence-corrected chi connectivity index (χ0v) is 26.7. The largest absolute Gasteiger partial charge is 0.450 e. The summed E-state index contributed by atoms with van der Waals surface area (Å²) in [6, 6.07) is 55.9. The van der Waals surface area contributed by atoms with E-state index >= 15 is 0 Å². The Bertz CT molecular complexity index is 2720. The van der Waals surface area contributed by atoms with E-state index in [0.717, 1.165) is 33.2 Å². The maximum absolute atomic E-state index is 6.25. The Labute approximate surface area is 288 Å². The third-order valence-electron chi connectivity index (χ3n) is 9.38. The lowest BCUT2D eigenvalue weighted by Crippen LogP contribution is -2.02. The van der Waals surface area contributed by atoms with Crippen molar-refractivity contribution in [2.24, 2.45) is 0 Å². The first kappa shape index (κ1) is 28.2. The van der Waals surface area contributed by atoms with Gasteiger partial charge in [-0.1, -0.05) is 127 Å². The summed E-state index contributed by atoms with van der Waals surface area (Å²) in [6.07, 6.45) is 0. The number of hydrogen-bond acceptors (Lipinski definition) is 5. The smallest absolute Gasteiger partial charge is 0.170 e. The van der Waals surface area contributed by atoms with Gasteiger partial charge in [-0.2, -0.15) is 0 Å². The first-order valence-electron chi connectivity index (χ1n) is 16.6. The van der Waals surface area contributed by atoms with Crippen LogP contribution in [-0.2, 0) is 0 Å². The summed E-state index contributed by atoms with van der Waals surface area (Å²) in [6.45, 7) is 0. The Morgan fingerprint density at radius 1 is 0.260 bits per heavy atom. The van der Waals surface area contributed by atoms with Crippen molar-refractivity contribution in [1.29, 1.82) is 0 Å². The van der Waals surface area contributed by atoms with Crippen molar-refractivity contribution in [2.75, 3.05) is 0 Å². The highest BCUT2D eigenvalue weighted by Crippen LogP contribution is 2.46. The van der Waals surface area contributed by atoms with E-state index in [1.807, 2.05) is 48.5 Å². The number of benzene rings is 8. The van der Waals surface area contributed by atoms with Crippen LogP contribution in [0.25, 0.3) is 77.6 Å². The minimum Gasteiger partial charge on any atom is -0.450 e. The second-order valence-corrected chi connectivity index (χ2v) is 12.4. The molecule has 8 aromatic carbocycles. The number of nitrogens with zero attached hydrogens (tertiary/aromatic N) is 3. The monoisotopic (exact) mass is 641 g/mol. The van der Waals surface area contributed by atoms with Crippen LogP contribution in [0, 0.1) is 0 Å². The molecule has 9 aromatic rings. The lowest BCUT2D eigenvalue weighted by Gasteiger charge is -2.20. The maximum Gasteiger partial charge on any atom is 0.170 e. The van der Waals surface area contributed by atoms with Crippen LogP contribution in [0.5, 0.6) is 23.0 Å². The van der Waals surface area contributed by atoms with E-state index in [-0.39, 0.29) is 0 Å². The molecule has 0 atom stereocenters. The van der Waals surface area contributed by atoms with Gasteiger partial charge in [0, 0.05) is 16.7 Å². The second-order valence-electron chi connectivity index (χ2n) is 12.4. The maximum atomic E-state index is 6.25. The zero-order valence-electron chi connectivity index (χ0n) is 26.7. The Hall–Kier alpha value is -6.85. The minimum absolute atomic E-state index is 0.547. The van der Waals surface area contributed by atoms with E-state index in [4.69, 9.17) is 24.4 Å². The predicted molar refractivity (Wildman–Crippen MR) is 201 cm³/mol. The van der Waals surface area contributed by atoms with Gasteiger partial charge in [-0.25, -0.2) is 15.0 Å². The Balaban J connectivity index is 1.14. The third-order valence-corrected chi connectivity index (χ3v) is 9.38. The fourth-order valence-corrected chi connectivity index (χ4v) is 6.92. The molecule has 1 aliphatic heterocycles. The fraction of sp³-hybridized carbons (Fsp3) is 0. The van der Waals surface area contributed by atoms with E-state index in [1.165, 1.54) is 26.9 Å². The first-order chi connectivity index (χ1) is 24.7. The van der Waals surface area contributed by atoms with Crippen LogP contribution in [0.3, 0.4) is 0 Å².